The van der Waals surface area contributed by atoms with E-state index in [9.17, 15) is 4.79 Å². The average molecular weight is 291 g/mol. The number of amides is 1. The summed E-state index contributed by atoms with van der Waals surface area (Å²) in [5, 5.41) is 2.98. The largest absolute Gasteiger partial charge is 0.374 e. The molecule has 1 aromatic carbocycles. The Morgan fingerprint density at radius 2 is 2.29 bits per heavy atom. The van der Waals surface area contributed by atoms with Crippen LogP contribution in [-0.4, -0.2) is 49.2 Å². The van der Waals surface area contributed by atoms with E-state index >= 15 is 0 Å². The van der Waals surface area contributed by atoms with Crippen molar-refractivity contribution in [1.82, 2.24) is 4.90 Å². The van der Waals surface area contributed by atoms with Crippen molar-refractivity contribution in [2.45, 2.75) is 32.9 Å². The van der Waals surface area contributed by atoms with Crippen LogP contribution >= 0.6 is 0 Å². The highest BCUT2D eigenvalue weighted by atomic mass is 16.5. The third-order valence-electron chi connectivity index (χ3n) is 3.79. The summed E-state index contributed by atoms with van der Waals surface area (Å²) >= 11 is 0. The Morgan fingerprint density at radius 1 is 1.52 bits per heavy atom. The van der Waals surface area contributed by atoms with Crippen molar-refractivity contribution in [2.24, 2.45) is 5.73 Å². The Hall–Kier alpha value is -1.43. The van der Waals surface area contributed by atoms with Gasteiger partial charge in [0.05, 0.1) is 19.3 Å². The van der Waals surface area contributed by atoms with Crippen LogP contribution in [0.25, 0.3) is 0 Å². The van der Waals surface area contributed by atoms with Crippen LogP contribution in [0, 0.1) is 13.8 Å². The topological polar surface area (TPSA) is 67.6 Å². The molecule has 1 aliphatic rings. The number of carbonyl (C=O) groups excluding carboxylic acids is 1. The van der Waals surface area contributed by atoms with Crippen molar-refractivity contribution in [3.8, 4) is 0 Å². The van der Waals surface area contributed by atoms with Crippen LogP contribution in [0.1, 0.15) is 18.1 Å². The first kappa shape index (κ1) is 15.9. The van der Waals surface area contributed by atoms with E-state index < -0.39 is 0 Å². The van der Waals surface area contributed by atoms with Crippen LogP contribution in [0.4, 0.5) is 5.69 Å². The van der Waals surface area contributed by atoms with Gasteiger partial charge in [-0.2, -0.15) is 0 Å². The number of nitrogens with zero attached hydrogens (tertiary/aromatic N) is 1. The Balaban J connectivity index is 1.89. The molecule has 116 valence electrons. The van der Waals surface area contributed by atoms with Crippen molar-refractivity contribution in [3.63, 3.8) is 0 Å². The highest BCUT2D eigenvalue weighted by Crippen LogP contribution is 2.16. The van der Waals surface area contributed by atoms with Gasteiger partial charge in [0, 0.05) is 24.8 Å². The molecule has 1 heterocycles. The molecule has 5 nitrogen and oxygen atoms in total. The molecule has 0 bridgehead atoms. The molecule has 0 radical (unpaired) electrons. The smallest absolute Gasteiger partial charge is 0.238 e. The van der Waals surface area contributed by atoms with Gasteiger partial charge in [0.15, 0.2) is 0 Å². The van der Waals surface area contributed by atoms with Crippen LogP contribution < -0.4 is 11.1 Å². The summed E-state index contributed by atoms with van der Waals surface area (Å²) in [4.78, 5) is 14.3. The van der Waals surface area contributed by atoms with Crippen molar-refractivity contribution < 1.29 is 9.53 Å². The number of hydrogen-bond donors (Lipinski definition) is 2. The van der Waals surface area contributed by atoms with Gasteiger partial charge in [-0.05, 0) is 32.4 Å². The van der Waals surface area contributed by atoms with Crippen molar-refractivity contribution in [1.29, 1.82) is 0 Å². The second-order valence-electron chi connectivity index (χ2n) is 5.87. The maximum absolute atomic E-state index is 12.2. The zero-order valence-electron chi connectivity index (χ0n) is 13.1. The van der Waals surface area contributed by atoms with E-state index in [-0.39, 0.29) is 18.1 Å². The lowest BCUT2D eigenvalue weighted by Gasteiger charge is -2.34. The molecule has 0 aromatic heterocycles. The first-order valence-corrected chi connectivity index (χ1v) is 7.42. The second-order valence-corrected chi connectivity index (χ2v) is 5.87. The number of morpholine rings is 1. The van der Waals surface area contributed by atoms with Gasteiger partial charge >= 0.3 is 0 Å². The molecule has 2 rings (SSSR count). The fourth-order valence-electron chi connectivity index (χ4n) is 2.54. The first-order chi connectivity index (χ1) is 9.95. The highest BCUT2D eigenvalue weighted by Gasteiger charge is 2.24. The Morgan fingerprint density at radius 3 is 2.95 bits per heavy atom. The number of ether oxygens (including phenoxy) is 1. The lowest BCUT2D eigenvalue weighted by Crippen LogP contribution is -2.51. The summed E-state index contributed by atoms with van der Waals surface area (Å²) in [6, 6.07) is 6.00. The highest BCUT2D eigenvalue weighted by molar-refractivity contribution is 5.93. The van der Waals surface area contributed by atoms with Gasteiger partial charge in [0.1, 0.15) is 0 Å². The van der Waals surface area contributed by atoms with Crippen LogP contribution in [0.2, 0.25) is 0 Å². The van der Waals surface area contributed by atoms with Crippen molar-refractivity contribution >= 4 is 11.6 Å². The van der Waals surface area contributed by atoms with E-state index in [2.05, 4.69) is 16.3 Å². The summed E-state index contributed by atoms with van der Waals surface area (Å²) in [5.41, 5.74) is 9.02. The van der Waals surface area contributed by atoms with Gasteiger partial charge in [-0.25, -0.2) is 0 Å². The lowest BCUT2D eigenvalue weighted by atomic mass is 10.1. The first-order valence-electron chi connectivity index (χ1n) is 7.42. The minimum atomic E-state index is -0.0183. The average Bonchev–Trinajstić information content (AvgIpc) is 2.42. The molecule has 21 heavy (non-hydrogen) atoms. The number of rotatable bonds is 4. The minimum Gasteiger partial charge on any atom is -0.374 e. The zero-order valence-corrected chi connectivity index (χ0v) is 13.1. The molecule has 0 saturated carbocycles. The summed E-state index contributed by atoms with van der Waals surface area (Å²) in [5.74, 6) is 0.00674. The number of nitrogens with two attached hydrogens (primary N) is 1. The lowest BCUT2D eigenvalue weighted by molar-refractivity contribution is -0.119. The molecule has 5 heteroatoms. The number of hydrogen-bond acceptors (Lipinski definition) is 4. The third kappa shape index (κ3) is 4.52. The molecule has 0 spiro atoms. The molecule has 1 amide bonds. The van der Waals surface area contributed by atoms with Gasteiger partial charge in [0.25, 0.3) is 0 Å². The molecule has 1 aromatic rings. The maximum Gasteiger partial charge on any atom is 0.238 e. The van der Waals surface area contributed by atoms with E-state index in [4.69, 9.17) is 10.5 Å². The minimum absolute atomic E-state index is 0.00674. The van der Waals surface area contributed by atoms with E-state index in [1.165, 1.54) is 5.56 Å². The summed E-state index contributed by atoms with van der Waals surface area (Å²) < 4.78 is 5.60. The van der Waals surface area contributed by atoms with Gasteiger partial charge in [0.2, 0.25) is 5.91 Å². The molecule has 1 aliphatic heterocycles. The quantitative estimate of drug-likeness (QED) is 0.877. The maximum atomic E-state index is 12.2. The van der Waals surface area contributed by atoms with Gasteiger partial charge in [-0.1, -0.05) is 17.7 Å². The summed E-state index contributed by atoms with van der Waals surface area (Å²) in [6.45, 7) is 8.46. The van der Waals surface area contributed by atoms with Crippen molar-refractivity contribution in [3.05, 3.63) is 29.3 Å². The van der Waals surface area contributed by atoms with Crippen molar-refractivity contribution in [2.75, 3.05) is 31.6 Å². The normalized spacial score (nSPS) is 21.0. The molecular formula is C16H25N3O2. The Kier molecular flexibility index (Phi) is 5.33. The molecule has 1 saturated heterocycles. The van der Waals surface area contributed by atoms with Gasteiger partial charge < -0.3 is 15.8 Å². The van der Waals surface area contributed by atoms with Crippen LogP contribution in [-0.2, 0) is 9.53 Å². The number of aryl methyl sites for hydroxylation is 2. The number of anilines is 1. The standard InChI is InChI=1S/C16H25N3O2/c1-11-4-5-14(12(2)8-11)18-16(20)10-19-6-7-21-15(9-19)13(3)17/h4-5,8,13,15H,6-7,9-10,17H2,1-3H3,(H,18,20). The molecular weight excluding hydrogens is 266 g/mol. The Labute approximate surface area is 126 Å². The zero-order chi connectivity index (χ0) is 15.4. The monoisotopic (exact) mass is 291 g/mol. The van der Waals surface area contributed by atoms with Gasteiger partial charge in [-0.15, -0.1) is 0 Å². The number of nitrogens with one attached hydrogen (secondary N) is 1. The fourth-order valence-corrected chi connectivity index (χ4v) is 2.54. The Bertz CT molecular complexity index is 502. The molecule has 1 fully saturated rings. The van der Waals surface area contributed by atoms with Crippen LogP contribution in [0.15, 0.2) is 18.2 Å². The molecule has 0 aliphatic carbocycles. The molecule has 2 unspecified atom stereocenters. The van der Waals surface area contributed by atoms with Crippen LogP contribution in [0.5, 0.6) is 0 Å². The summed E-state index contributed by atoms with van der Waals surface area (Å²) in [6.07, 6.45) is 0.00709. The molecule has 2 atom stereocenters. The number of carbonyl (C=O) groups is 1. The second kappa shape index (κ2) is 7.02. The predicted octanol–water partition coefficient (Wildman–Crippen LogP) is 1.29. The SMILES string of the molecule is Cc1ccc(NC(=O)CN2CCOC(C(C)N)C2)c(C)c1. The third-order valence-corrected chi connectivity index (χ3v) is 3.79. The molecule has 3 N–H and O–H groups in total. The van der Waals surface area contributed by atoms with Crippen LogP contribution in [0.3, 0.4) is 0 Å². The van der Waals surface area contributed by atoms with E-state index in [1.54, 1.807) is 0 Å². The van der Waals surface area contributed by atoms with Gasteiger partial charge in [-0.3, -0.25) is 9.69 Å². The summed E-state index contributed by atoms with van der Waals surface area (Å²) in [7, 11) is 0. The number of benzene rings is 1. The van der Waals surface area contributed by atoms with E-state index in [1.807, 2.05) is 32.9 Å². The van der Waals surface area contributed by atoms with E-state index in [0.29, 0.717) is 19.7 Å². The fraction of sp³-hybridized carbons (Fsp3) is 0.562. The predicted molar refractivity (Wildman–Crippen MR) is 84.4 cm³/mol. The van der Waals surface area contributed by atoms with E-state index in [0.717, 1.165) is 17.8 Å².